The van der Waals surface area contributed by atoms with Gasteiger partial charge in [-0.2, -0.15) is 0 Å². The Bertz CT molecular complexity index is 472. The smallest absolute Gasteiger partial charge is 0.328 e. The molecule has 19 heavy (non-hydrogen) atoms. The van der Waals surface area contributed by atoms with Gasteiger partial charge in [0.15, 0.2) is 6.10 Å². The third-order valence-corrected chi connectivity index (χ3v) is 2.36. The third-order valence-electron chi connectivity index (χ3n) is 2.36. The molecule has 2 atom stereocenters. The first-order valence-electron chi connectivity index (χ1n) is 5.37. The zero-order valence-corrected chi connectivity index (χ0v) is 10.3. The molecule has 7 heteroatoms. The van der Waals surface area contributed by atoms with Crippen molar-refractivity contribution in [3.8, 4) is 0 Å². The Hall–Kier alpha value is -2.02. The van der Waals surface area contributed by atoms with Crippen LogP contribution in [-0.2, 0) is 14.3 Å². The minimum Gasteiger partial charge on any atom is -0.467 e. The molecule has 5 nitrogen and oxygen atoms in total. The molecule has 2 N–H and O–H groups in total. The van der Waals surface area contributed by atoms with Gasteiger partial charge in [0.05, 0.1) is 7.11 Å². The van der Waals surface area contributed by atoms with E-state index in [9.17, 15) is 23.5 Å². The Morgan fingerprint density at radius 3 is 2.26 bits per heavy atom. The molecule has 0 fully saturated rings. The lowest BCUT2D eigenvalue weighted by Crippen LogP contribution is -2.41. The number of esters is 1. The van der Waals surface area contributed by atoms with E-state index in [0.717, 1.165) is 19.2 Å². The average Bonchev–Trinajstić information content (AvgIpc) is 2.35. The fourth-order valence-electron chi connectivity index (χ4n) is 1.41. The number of nitrogens with one attached hydrogen (secondary N) is 1. The van der Waals surface area contributed by atoms with Gasteiger partial charge in [-0.25, -0.2) is 13.6 Å². The van der Waals surface area contributed by atoms with E-state index < -0.39 is 35.7 Å². The number of amides is 1. The number of hydrogen-bond donors (Lipinski definition) is 2. The van der Waals surface area contributed by atoms with Crippen LogP contribution in [-0.4, -0.2) is 30.1 Å². The molecule has 0 bridgehead atoms. The maximum Gasteiger partial charge on any atom is 0.328 e. The van der Waals surface area contributed by atoms with E-state index in [1.165, 1.54) is 6.92 Å². The Morgan fingerprint density at radius 2 is 1.79 bits per heavy atom. The molecule has 0 aliphatic rings. The van der Waals surface area contributed by atoms with Crippen molar-refractivity contribution in [1.82, 2.24) is 5.32 Å². The molecular weight excluding hydrogens is 260 g/mol. The second kappa shape index (κ2) is 6.24. The largest absolute Gasteiger partial charge is 0.467 e. The first-order valence-corrected chi connectivity index (χ1v) is 5.37. The van der Waals surface area contributed by atoms with Gasteiger partial charge in [-0.3, -0.25) is 4.79 Å². The van der Waals surface area contributed by atoms with Gasteiger partial charge < -0.3 is 15.2 Å². The molecule has 0 aliphatic heterocycles. The summed E-state index contributed by atoms with van der Waals surface area (Å²) < 4.78 is 30.3. The number of methoxy groups -OCH3 is 1. The molecule has 0 saturated heterocycles. The fraction of sp³-hybridized carbons (Fsp3) is 0.333. The highest BCUT2D eigenvalue weighted by atomic mass is 19.1. The molecule has 0 heterocycles. The SMILES string of the molecule is COC(=O)[C@@H](C)NC(=O)C(O)c1cc(F)cc(F)c1. The Balaban J connectivity index is 2.79. The van der Waals surface area contributed by atoms with Gasteiger partial charge in [0, 0.05) is 6.07 Å². The predicted molar refractivity (Wildman–Crippen MR) is 60.9 cm³/mol. The average molecular weight is 273 g/mol. The van der Waals surface area contributed by atoms with Crippen LogP contribution in [0.1, 0.15) is 18.6 Å². The zero-order chi connectivity index (χ0) is 14.6. The molecule has 1 rings (SSSR count). The number of benzene rings is 1. The van der Waals surface area contributed by atoms with E-state index in [-0.39, 0.29) is 5.56 Å². The molecule has 0 radical (unpaired) electrons. The van der Waals surface area contributed by atoms with Crippen LogP contribution < -0.4 is 5.32 Å². The Morgan fingerprint density at radius 1 is 1.26 bits per heavy atom. The summed E-state index contributed by atoms with van der Waals surface area (Å²) in [6.07, 6.45) is -1.78. The lowest BCUT2D eigenvalue weighted by atomic mass is 10.1. The first-order chi connectivity index (χ1) is 8.85. The number of ether oxygens (including phenoxy) is 1. The van der Waals surface area contributed by atoms with Gasteiger partial charge in [0.25, 0.3) is 5.91 Å². The standard InChI is InChI=1S/C12H13F2NO4/c1-6(12(18)19-2)15-11(17)10(16)7-3-8(13)5-9(14)4-7/h3-6,10,16H,1-2H3,(H,15,17)/t6-,10?/m1/s1. The first kappa shape index (κ1) is 15.0. The molecule has 104 valence electrons. The molecule has 0 saturated carbocycles. The quantitative estimate of drug-likeness (QED) is 0.791. The van der Waals surface area contributed by atoms with Crippen LogP contribution in [0.5, 0.6) is 0 Å². The van der Waals surface area contributed by atoms with Crippen molar-refractivity contribution in [3.63, 3.8) is 0 Å². The van der Waals surface area contributed by atoms with Crippen LogP contribution in [0.25, 0.3) is 0 Å². The normalized spacial score (nSPS) is 13.5. The Kier molecular flexibility index (Phi) is 4.94. The second-order valence-electron chi connectivity index (χ2n) is 3.86. The van der Waals surface area contributed by atoms with Crippen LogP contribution in [0.15, 0.2) is 18.2 Å². The molecule has 1 amide bonds. The molecule has 0 aliphatic carbocycles. The van der Waals surface area contributed by atoms with Crippen molar-refractivity contribution >= 4 is 11.9 Å². The van der Waals surface area contributed by atoms with Gasteiger partial charge in [-0.1, -0.05) is 0 Å². The number of aliphatic hydroxyl groups excluding tert-OH is 1. The summed E-state index contributed by atoms with van der Waals surface area (Å²) in [5.74, 6) is -3.49. The molecule has 1 aromatic rings. The summed E-state index contributed by atoms with van der Waals surface area (Å²) in [5, 5.41) is 11.8. The number of carbonyl (C=O) groups excluding carboxylic acids is 2. The van der Waals surface area contributed by atoms with Gasteiger partial charge in [-0.05, 0) is 24.6 Å². The van der Waals surface area contributed by atoms with Crippen LogP contribution in [0.3, 0.4) is 0 Å². The van der Waals surface area contributed by atoms with E-state index >= 15 is 0 Å². The summed E-state index contributed by atoms with van der Waals surface area (Å²) in [4.78, 5) is 22.7. The highest BCUT2D eigenvalue weighted by Gasteiger charge is 2.23. The monoisotopic (exact) mass is 273 g/mol. The van der Waals surface area contributed by atoms with Crippen LogP contribution in [0, 0.1) is 11.6 Å². The topological polar surface area (TPSA) is 75.6 Å². The summed E-state index contributed by atoms with van der Waals surface area (Å²) in [6.45, 7) is 1.35. The molecular formula is C12H13F2NO4. The third kappa shape index (κ3) is 3.99. The van der Waals surface area contributed by atoms with Crippen molar-refractivity contribution in [2.75, 3.05) is 7.11 Å². The molecule has 1 aromatic carbocycles. The summed E-state index contributed by atoms with van der Waals surface area (Å²) >= 11 is 0. The lowest BCUT2D eigenvalue weighted by molar-refractivity contribution is -0.145. The zero-order valence-electron chi connectivity index (χ0n) is 10.3. The van der Waals surface area contributed by atoms with Crippen LogP contribution in [0.2, 0.25) is 0 Å². The highest BCUT2D eigenvalue weighted by Crippen LogP contribution is 2.16. The van der Waals surface area contributed by atoms with E-state index in [1.807, 2.05) is 0 Å². The maximum absolute atomic E-state index is 12.9. The van der Waals surface area contributed by atoms with E-state index in [0.29, 0.717) is 6.07 Å². The van der Waals surface area contributed by atoms with Crippen molar-refractivity contribution in [2.24, 2.45) is 0 Å². The fourth-order valence-corrected chi connectivity index (χ4v) is 1.41. The number of carbonyl (C=O) groups is 2. The van der Waals surface area contributed by atoms with E-state index in [2.05, 4.69) is 10.1 Å². The van der Waals surface area contributed by atoms with Crippen molar-refractivity contribution in [2.45, 2.75) is 19.1 Å². The predicted octanol–water partition coefficient (Wildman–Crippen LogP) is 0.676. The van der Waals surface area contributed by atoms with E-state index in [1.54, 1.807) is 0 Å². The summed E-state index contributed by atoms with van der Waals surface area (Å²) in [7, 11) is 1.14. The lowest BCUT2D eigenvalue weighted by Gasteiger charge is -2.15. The highest BCUT2D eigenvalue weighted by molar-refractivity contribution is 5.87. The number of rotatable bonds is 4. The van der Waals surface area contributed by atoms with Gasteiger partial charge >= 0.3 is 5.97 Å². The molecule has 0 aromatic heterocycles. The Labute approximate surface area is 108 Å². The number of halogens is 2. The van der Waals surface area contributed by atoms with Gasteiger partial charge in [-0.15, -0.1) is 0 Å². The van der Waals surface area contributed by atoms with Crippen molar-refractivity contribution in [1.29, 1.82) is 0 Å². The number of aliphatic hydroxyl groups is 1. The maximum atomic E-state index is 12.9. The minimum absolute atomic E-state index is 0.243. The van der Waals surface area contributed by atoms with Gasteiger partial charge in [0.2, 0.25) is 0 Å². The molecule has 1 unspecified atom stereocenters. The number of hydrogen-bond acceptors (Lipinski definition) is 4. The van der Waals surface area contributed by atoms with Crippen molar-refractivity contribution in [3.05, 3.63) is 35.4 Å². The summed E-state index contributed by atoms with van der Waals surface area (Å²) in [5.41, 5.74) is -0.243. The van der Waals surface area contributed by atoms with Crippen molar-refractivity contribution < 1.29 is 28.2 Å². The van der Waals surface area contributed by atoms with Crippen LogP contribution in [0.4, 0.5) is 8.78 Å². The van der Waals surface area contributed by atoms with Gasteiger partial charge in [0.1, 0.15) is 17.7 Å². The molecule has 0 spiro atoms. The van der Waals surface area contributed by atoms with E-state index in [4.69, 9.17) is 0 Å². The summed E-state index contributed by atoms with van der Waals surface area (Å²) in [6, 6.07) is 1.29. The second-order valence-corrected chi connectivity index (χ2v) is 3.86. The van der Waals surface area contributed by atoms with Crippen LogP contribution >= 0.6 is 0 Å². The minimum atomic E-state index is -1.78.